The second-order valence-corrected chi connectivity index (χ2v) is 7.55. The maximum Gasteiger partial charge on any atom is 0.246 e. The summed E-state index contributed by atoms with van der Waals surface area (Å²) in [4.78, 5) is 12.4. The zero-order chi connectivity index (χ0) is 17.4. The number of nitrogens with zero attached hydrogens (tertiary/aromatic N) is 4. The SMILES string of the molecule is O=C(Cn1c(-c2ccc(Cl)cc2)n[nH]c1=S)Nc1nnc(C2CC2)s1. The van der Waals surface area contributed by atoms with Crippen LogP contribution in [0.1, 0.15) is 23.8 Å². The molecule has 0 aliphatic heterocycles. The van der Waals surface area contributed by atoms with Gasteiger partial charge in [0.2, 0.25) is 11.0 Å². The van der Waals surface area contributed by atoms with Crippen LogP contribution in [-0.4, -0.2) is 30.9 Å². The molecular formula is C15H13ClN6OS2. The molecule has 1 aliphatic rings. The zero-order valence-electron chi connectivity index (χ0n) is 12.9. The molecule has 1 amide bonds. The largest absolute Gasteiger partial charge is 0.299 e. The number of hydrogen-bond donors (Lipinski definition) is 2. The van der Waals surface area contributed by atoms with E-state index in [4.69, 9.17) is 23.8 Å². The summed E-state index contributed by atoms with van der Waals surface area (Å²) in [7, 11) is 0. The first kappa shape index (κ1) is 16.4. The lowest BCUT2D eigenvalue weighted by Crippen LogP contribution is -2.19. The molecule has 0 radical (unpaired) electrons. The molecule has 25 heavy (non-hydrogen) atoms. The third-order valence-electron chi connectivity index (χ3n) is 3.78. The van der Waals surface area contributed by atoms with Crippen molar-refractivity contribution >= 4 is 46.2 Å². The van der Waals surface area contributed by atoms with Crippen LogP contribution in [0, 0.1) is 4.77 Å². The lowest BCUT2D eigenvalue weighted by molar-refractivity contribution is -0.116. The predicted octanol–water partition coefficient (Wildman–Crippen LogP) is 3.63. The van der Waals surface area contributed by atoms with Crippen LogP contribution in [0.5, 0.6) is 0 Å². The van der Waals surface area contributed by atoms with E-state index in [1.54, 1.807) is 16.7 Å². The summed E-state index contributed by atoms with van der Waals surface area (Å²) >= 11 is 12.6. The normalized spacial score (nSPS) is 13.8. The molecule has 2 N–H and O–H groups in total. The minimum Gasteiger partial charge on any atom is -0.299 e. The second kappa shape index (κ2) is 6.66. The maximum absolute atomic E-state index is 12.4. The van der Waals surface area contributed by atoms with Gasteiger partial charge >= 0.3 is 0 Å². The summed E-state index contributed by atoms with van der Waals surface area (Å²) in [5, 5.41) is 20.0. The van der Waals surface area contributed by atoms with Crippen LogP contribution < -0.4 is 5.32 Å². The lowest BCUT2D eigenvalue weighted by atomic mass is 10.2. The van der Waals surface area contributed by atoms with E-state index >= 15 is 0 Å². The first-order valence-corrected chi connectivity index (χ1v) is 9.25. The highest BCUT2D eigenvalue weighted by atomic mass is 35.5. The van der Waals surface area contributed by atoms with Gasteiger partial charge < -0.3 is 0 Å². The van der Waals surface area contributed by atoms with Crippen LogP contribution in [-0.2, 0) is 11.3 Å². The number of nitrogens with one attached hydrogen (secondary N) is 2. The summed E-state index contributed by atoms with van der Waals surface area (Å²) in [5.74, 6) is 0.862. The first-order valence-electron chi connectivity index (χ1n) is 7.64. The Labute approximate surface area is 157 Å². The van der Waals surface area contributed by atoms with Gasteiger partial charge in [-0.1, -0.05) is 22.9 Å². The van der Waals surface area contributed by atoms with Crippen LogP contribution in [0.25, 0.3) is 11.4 Å². The summed E-state index contributed by atoms with van der Waals surface area (Å²) in [6.07, 6.45) is 2.30. The molecule has 1 aromatic carbocycles. The highest BCUT2D eigenvalue weighted by molar-refractivity contribution is 7.71. The van der Waals surface area contributed by atoms with Crippen molar-refractivity contribution in [3.8, 4) is 11.4 Å². The average Bonchev–Trinajstić information content (AvgIpc) is 3.25. The smallest absolute Gasteiger partial charge is 0.246 e. The molecule has 1 fully saturated rings. The summed E-state index contributed by atoms with van der Waals surface area (Å²) in [6, 6.07) is 7.18. The van der Waals surface area contributed by atoms with Crippen LogP contribution in [0.3, 0.4) is 0 Å². The summed E-state index contributed by atoms with van der Waals surface area (Å²) in [5.41, 5.74) is 0.816. The Morgan fingerprint density at radius 3 is 2.84 bits per heavy atom. The van der Waals surface area contributed by atoms with Crippen molar-refractivity contribution in [2.24, 2.45) is 0 Å². The van der Waals surface area contributed by atoms with E-state index in [9.17, 15) is 4.79 Å². The van der Waals surface area contributed by atoms with Gasteiger partial charge in [-0.05, 0) is 49.3 Å². The van der Waals surface area contributed by atoms with Gasteiger partial charge in [0.05, 0.1) is 0 Å². The van der Waals surface area contributed by atoms with E-state index in [0.29, 0.717) is 26.7 Å². The third kappa shape index (κ3) is 3.63. The van der Waals surface area contributed by atoms with Crippen LogP contribution in [0.15, 0.2) is 24.3 Å². The summed E-state index contributed by atoms with van der Waals surface area (Å²) in [6.45, 7) is 0.0334. The van der Waals surface area contributed by atoms with Gasteiger partial charge in [-0.2, -0.15) is 5.10 Å². The first-order chi connectivity index (χ1) is 12.1. The van der Waals surface area contributed by atoms with Gasteiger partial charge in [0.15, 0.2) is 10.6 Å². The molecule has 1 saturated carbocycles. The Morgan fingerprint density at radius 1 is 1.36 bits per heavy atom. The molecule has 2 aromatic heterocycles. The van der Waals surface area contributed by atoms with Crippen molar-refractivity contribution < 1.29 is 4.79 Å². The number of carbonyl (C=O) groups excluding carboxylic acids is 1. The number of H-pyrrole nitrogens is 1. The van der Waals surface area contributed by atoms with Crippen LogP contribution in [0.2, 0.25) is 5.02 Å². The van der Waals surface area contributed by atoms with Crippen molar-refractivity contribution in [2.45, 2.75) is 25.3 Å². The second-order valence-electron chi connectivity index (χ2n) is 5.71. The average molecular weight is 393 g/mol. The Morgan fingerprint density at radius 2 is 2.12 bits per heavy atom. The molecule has 0 spiro atoms. The van der Waals surface area contributed by atoms with Gasteiger partial charge in [-0.25, -0.2) is 0 Å². The van der Waals surface area contributed by atoms with Crippen molar-refractivity contribution in [1.82, 2.24) is 25.0 Å². The molecule has 0 saturated heterocycles. The Balaban J connectivity index is 1.51. The van der Waals surface area contributed by atoms with E-state index in [2.05, 4.69) is 25.7 Å². The predicted molar refractivity (Wildman–Crippen MR) is 98.4 cm³/mol. The maximum atomic E-state index is 12.4. The van der Waals surface area contributed by atoms with Gasteiger partial charge in [-0.3, -0.25) is 19.8 Å². The standard InChI is InChI=1S/C15H13ClN6OS2/c16-10-5-3-8(4-6-10)12-18-21-15(24)22(12)7-11(23)17-14-20-19-13(25-14)9-1-2-9/h3-6,9H,1-2,7H2,(H,21,24)(H,17,20,23). The van der Waals surface area contributed by atoms with E-state index in [-0.39, 0.29) is 12.5 Å². The van der Waals surface area contributed by atoms with Gasteiger partial charge in [0, 0.05) is 16.5 Å². The molecular weight excluding hydrogens is 380 g/mol. The molecule has 7 nitrogen and oxygen atoms in total. The number of rotatable bonds is 5. The zero-order valence-corrected chi connectivity index (χ0v) is 15.3. The number of carbonyl (C=O) groups is 1. The number of aromatic amines is 1. The van der Waals surface area contributed by atoms with Gasteiger partial charge in [0.25, 0.3) is 0 Å². The quantitative estimate of drug-likeness (QED) is 0.647. The number of halogens is 1. The number of anilines is 1. The fourth-order valence-corrected chi connectivity index (χ4v) is 3.62. The minimum atomic E-state index is -0.230. The number of amides is 1. The number of hydrogen-bond acceptors (Lipinski definition) is 6. The van der Waals surface area contributed by atoms with E-state index in [1.807, 2.05) is 12.1 Å². The molecule has 10 heteroatoms. The highest BCUT2D eigenvalue weighted by Crippen LogP contribution is 2.42. The topological polar surface area (TPSA) is 88.5 Å². The van der Waals surface area contributed by atoms with Crippen molar-refractivity contribution in [3.05, 3.63) is 39.1 Å². The van der Waals surface area contributed by atoms with E-state index in [0.717, 1.165) is 23.4 Å². The molecule has 4 rings (SSSR count). The minimum absolute atomic E-state index is 0.0334. The molecule has 1 aliphatic carbocycles. The van der Waals surface area contributed by atoms with Crippen molar-refractivity contribution in [3.63, 3.8) is 0 Å². The molecule has 128 valence electrons. The van der Waals surface area contributed by atoms with Crippen LogP contribution in [0.4, 0.5) is 5.13 Å². The molecule has 0 atom stereocenters. The molecule has 2 heterocycles. The molecule has 0 unspecified atom stereocenters. The Hall–Kier alpha value is -2.10. The van der Waals surface area contributed by atoms with E-state index < -0.39 is 0 Å². The third-order valence-corrected chi connectivity index (χ3v) is 5.34. The van der Waals surface area contributed by atoms with E-state index in [1.165, 1.54) is 11.3 Å². The lowest BCUT2D eigenvalue weighted by Gasteiger charge is -2.06. The van der Waals surface area contributed by atoms with Gasteiger partial charge in [-0.15, -0.1) is 10.2 Å². The monoisotopic (exact) mass is 392 g/mol. The van der Waals surface area contributed by atoms with Crippen molar-refractivity contribution in [2.75, 3.05) is 5.32 Å². The molecule has 3 aromatic rings. The van der Waals surface area contributed by atoms with Crippen molar-refractivity contribution in [1.29, 1.82) is 0 Å². The number of benzene rings is 1. The highest BCUT2D eigenvalue weighted by Gasteiger charge is 2.27. The fraction of sp³-hybridized carbons (Fsp3) is 0.267. The fourth-order valence-electron chi connectivity index (χ4n) is 2.37. The Kier molecular flexibility index (Phi) is 4.36. The summed E-state index contributed by atoms with van der Waals surface area (Å²) < 4.78 is 2.01. The Bertz CT molecular complexity index is 973. The molecule has 0 bridgehead atoms. The van der Waals surface area contributed by atoms with Crippen LogP contribution >= 0.6 is 35.2 Å². The van der Waals surface area contributed by atoms with Gasteiger partial charge in [0.1, 0.15) is 11.6 Å². The number of aromatic nitrogens is 5.